The van der Waals surface area contributed by atoms with Crippen LogP contribution >= 0.6 is 0 Å². The predicted molar refractivity (Wildman–Crippen MR) is 60.3 cm³/mol. The first kappa shape index (κ1) is 12.7. The second-order valence-electron chi connectivity index (χ2n) is 3.56. The summed E-state index contributed by atoms with van der Waals surface area (Å²) in [5.41, 5.74) is 5.93. The van der Waals surface area contributed by atoms with Gasteiger partial charge in [0.15, 0.2) is 0 Å². The lowest BCUT2D eigenvalue weighted by Gasteiger charge is -2.15. The molecule has 0 aliphatic carbocycles. The van der Waals surface area contributed by atoms with Gasteiger partial charge in [0.2, 0.25) is 0 Å². The molecule has 1 heterocycles. The van der Waals surface area contributed by atoms with Crippen molar-refractivity contribution in [3.63, 3.8) is 0 Å². The predicted octanol–water partition coefficient (Wildman–Crippen LogP) is -0.205. The Kier molecular flexibility index (Phi) is 4.45. The topological polar surface area (TPSA) is 79.4 Å². The van der Waals surface area contributed by atoms with Gasteiger partial charge in [-0.25, -0.2) is 4.79 Å². The Bertz CT molecular complexity index is 403. The van der Waals surface area contributed by atoms with Crippen LogP contribution < -0.4 is 11.4 Å². The summed E-state index contributed by atoms with van der Waals surface area (Å²) in [6.07, 6.45) is 1.50. The molecule has 6 heteroatoms. The largest absolute Gasteiger partial charge is 0.383 e. The number of nitrogen functional groups attached to an aromatic ring is 1. The van der Waals surface area contributed by atoms with Gasteiger partial charge in [-0.2, -0.15) is 4.98 Å². The molecule has 0 bridgehead atoms. The number of nitrogens with two attached hydrogens (primary N) is 1. The van der Waals surface area contributed by atoms with Crippen LogP contribution in [0.5, 0.6) is 0 Å². The van der Waals surface area contributed by atoms with E-state index in [0.717, 1.165) is 5.56 Å². The average molecular weight is 227 g/mol. The van der Waals surface area contributed by atoms with Gasteiger partial charge in [0.1, 0.15) is 5.82 Å². The Morgan fingerprint density at radius 3 is 2.81 bits per heavy atom. The summed E-state index contributed by atoms with van der Waals surface area (Å²) in [5, 5.41) is 0. The van der Waals surface area contributed by atoms with Crippen LogP contribution in [0.4, 0.5) is 5.82 Å². The fraction of sp³-hybridized carbons (Fsp3) is 0.600. The van der Waals surface area contributed by atoms with Crippen LogP contribution in [0.25, 0.3) is 0 Å². The van der Waals surface area contributed by atoms with Gasteiger partial charge in [0.25, 0.3) is 0 Å². The van der Waals surface area contributed by atoms with Crippen molar-refractivity contribution in [2.75, 3.05) is 26.6 Å². The van der Waals surface area contributed by atoms with Crippen molar-refractivity contribution in [1.29, 1.82) is 0 Å². The molecule has 0 unspecified atom stereocenters. The number of ether oxygens (including phenoxy) is 2. The monoisotopic (exact) mass is 227 g/mol. The number of methoxy groups -OCH3 is 2. The fourth-order valence-corrected chi connectivity index (χ4v) is 1.34. The van der Waals surface area contributed by atoms with Gasteiger partial charge in [-0.3, -0.25) is 4.57 Å². The summed E-state index contributed by atoms with van der Waals surface area (Å²) in [6, 6.07) is 0. The molecule has 0 aromatic carbocycles. The lowest BCUT2D eigenvalue weighted by molar-refractivity contribution is 0.0175. The Balaban J connectivity index is 2.88. The standard InChI is InChI=1S/C10H17N3O3/c1-7-4-13(10(14)12-9(7)11)5-8(16-3)6-15-2/h4,8H,5-6H2,1-3H3,(H2,11,12,14)/t8-/m0/s1. The minimum absolute atomic E-state index is 0.174. The average Bonchev–Trinajstić information content (AvgIpc) is 2.25. The SMILES string of the molecule is COC[C@H](Cn1cc(C)c(N)nc1=O)OC. The summed E-state index contributed by atoms with van der Waals surface area (Å²) >= 11 is 0. The lowest BCUT2D eigenvalue weighted by atomic mass is 10.3. The zero-order chi connectivity index (χ0) is 12.1. The molecule has 2 N–H and O–H groups in total. The summed E-state index contributed by atoms with van der Waals surface area (Å²) < 4.78 is 11.6. The molecular weight excluding hydrogens is 210 g/mol. The van der Waals surface area contributed by atoms with Gasteiger partial charge in [0, 0.05) is 26.0 Å². The molecule has 0 saturated carbocycles. The van der Waals surface area contributed by atoms with Crippen molar-refractivity contribution in [2.24, 2.45) is 0 Å². The maximum absolute atomic E-state index is 11.5. The normalized spacial score (nSPS) is 12.7. The maximum atomic E-state index is 11.5. The van der Waals surface area contributed by atoms with Crippen molar-refractivity contribution in [2.45, 2.75) is 19.6 Å². The van der Waals surface area contributed by atoms with E-state index in [2.05, 4.69) is 4.98 Å². The van der Waals surface area contributed by atoms with E-state index in [0.29, 0.717) is 13.2 Å². The summed E-state index contributed by atoms with van der Waals surface area (Å²) in [4.78, 5) is 15.2. The smallest absolute Gasteiger partial charge is 0.349 e. The second kappa shape index (κ2) is 5.62. The van der Waals surface area contributed by atoms with Gasteiger partial charge in [-0.05, 0) is 6.92 Å². The molecule has 90 valence electrons. The van der Waals surface area contributed by atoms with E-state index in [1.807, 2.05) is 0 Å². The van der Waals surface area contributed by atoms with E-state index < -0.39 is 0 Å². The van der Waals surface area contributed by atoms with Crippen molar-refractivity contribution in [3.05, 3.63) is 22.2 Å². The van der Waals surface area contributed by atoms with E-state index in [4.69, 9.17) is 15.2 Å². The molecule has 0 amide bonds. The zero-order valence-electron chi connectivity index (χ0n) is 9.77. The number of anilines is 1. The van der Waals surface area contributed by atoms with Crippen molar-refractivity contribution < 1.29 is 9.47 Å². The van der Waals surface area contributed by atoms with Gasteiger partial charge in [0.05, 0.1) is 19.3 Å². The van der Waals surface area contributed by atoms with Gasteiger partial charge >= 0.3 is 5.69 Å². The highest BCUT2D eigenvalue weighted by Crippen LogP contribution is 2.03. The van der Waals surface area contributed by atoms with E-state index in [1.165, 1.54) is 4.57 Å². The molecular formula is C10H17N3O3. The Morgan fingerprint density at radius 1 is 1.56 bits per heavy atom. The summed E-state index contributed by atoms with van der Waals surface area (Å²) in [6.45, 7) is 2.63. The molecule has 0 spiro atoms. The van der Waals surface area contributed by atoms with Crippen LogP contribution in [0.1, 0.15) is 5.56 Å². The van der Waals surface area contributed by atoms with Crippen LogP contribution in [-0.2, 0) is 16.0 Å². The van der Waals surface area contributed by atoms with Crippen molar-refractivity contribution in [1.82, 2.24) is 9.55 Å². The van der Waals surface area contributed by atoms with Crippen LogP contribution in [0.2, 0.25) is 0 Å². The van der Waals surface area contributed by atoms with E-state index >= 15 is 0 Å². The highest BCUT2D eigenvalue weighted by molar-refractivity contribution is 5.34. The third-order valence-electron chi connectivity index (χ3n) is 2.30. The van der Waals surface area contributed by atoms with Crippen molar-refractivity contribution in [3.8, 4) is 0 Å². The van der Waals surface area contributed by atoms with Gasteiger partial charge < -0.3 is 15.2 Å². The van der Waals surface area contributed by atoms with Gasteiger partial charge in [-0.1, -0.05) is 0 Å². The number of hydrogen-bond donors (Lipinski definition) is 1. The third-order valence-corrected chi connectivity index (χ3v) is 2.30. The molecule has 1 atom stereocenters. The second-order valence-corrected chi connectivity index (χ2v) is 3.56. The van der Waals surface area contributed by atoms with Crippen LogP contribution in [0.15, 0.2) is 11.0 Å². The maximum Gasteiger partial charge on any atom is 0.349 e. The Labute approximate surface area is 94.0 Å². The minimum Gasteiger partial charge on any atom is -0.383 e. The first-order valence-corrected chi connectivity index (χ1v) is 4.93. The quantitative estimate of drug-likeness (QED) is 0.753. The van der Waals surface area contributed by atoms with E-state index in [-0.39, 0.29) is 17.6 Å². The highest BCUT2D eigenvalue weighted by Gasteiger charge is 2.10. The third kappa shape index (κ3) is 3.04. The molecule has 1 aromatic heterocycles. The number of hydrogen-bond acceptors (Lipinski definition) is 5. The molecule has 0 aliphatic rings. The molecule has 6 nitrogen and oxygen atoms in total. The number of nitrogens with zero attached hydrogens (tertiary/aromatic N) is 2. The van der Waals surface area contributed by atoms with Crippen LogP contribution in [-0.4, -0.2) is 36.5 Å². The molecule has 0 fully saturated rings. The van der Waals surface area contributed by atoms with E-state index in [9.17, 15) is 4.79 Å². The molecule has 0 saturated heterocycles. The molecule has 1 rings (SSSR count). The molecule has 0 aliphatic heterocycles. The molecule has 1 aromatic rings. The van der Waals surface area contributed by atoms with Crippen LogP contribution in [0, 0.1) is 6.92 Å². The summed E-state index contributed by atoms with van der Waals surface area (Å²) in [5.74, 6) is 0.266. The van der Waals surface area contributed by atoms with Crippen LogP contribution in [0.3, 0.4) is 0 Å². The first-order chi connectivity index (χ1) is 7.58. The Hall–Kier alpha value is -1.40. The first-order valence-electron chi connectivity index (χ1n) is 4.93. The lowest BCUT2D eigenvalue weighted by Crippen LogP contribution is -2.32. The Morgan fingerprint density at radius 2 is 2.25 bits per heavy atom. The van der Waals surface area contributed by atoms with Gasteiger partial charge in [-0.15, -0.1) is 0 Å². The van der Waals surface area contributed by atoms with E-state index in [1.54, 1.807) is 27.3 Å². The van der Waals surface area contributed by atoms with Crippen molar-refractivity contribution >= 4 is 5.82 Å². The summed E-state index contributed by atoms with van der Waals surface area (Å²) in [7, 11) is 3.16. The highest BCUT2D eigenvalue weighted by atomic mass is 16.5. The fourth-order valence-electron chi connectivity index (χ4n) is 1.34. The minimum atomic E-state index is -0.374. The number of aromatic nitrogens is 2. The number of rotatable bonds is 5. The number of aryl methyl sites for hydroxylation is 1. The molecule has 16 heavy (non-hydrogen) atoms. The zero-order valence-corrected chi connectivity index (χ0v) is 9.77. The molecule has 0 radical (unpaired) electrons.